The molecule has 0 atom stereocenters. The molecule has 0 unspecified atom stereocenters. The van der Waals surface area contributed by atoms with Crippen LogP contribution in [0.1, 0.15) is 25.2 Å². The van der Waals surface area contributed by atoms with Crippen molar-refractivity contribution in [3.63, 3.8) is 0 Å². The Kier molecular flexibility index (Phi) is 3.85. The number of aromatic nitrogens is 2. The molecule has 1 fully saturated rings. The van der Waals surface area contributed by atoms with E-state index in [1.54, 1.807) is 0 Å². The number of anilines is 1. The minimum atomic E-state index is -0.481. The zero-order chi connectivity index (χ0) is 14.7. The summed E-state index contributed by atoms with van der Waals surface area (Å²) in [6, 6.07) is 8.10. The molecule has 0 radical (unpaired) electrons. The lowest BCUT2D eigenvalue weighted by molar-refractivity contribution is -0.117. The number of piperidine rings is 1. The second-order valence-electron chi connectivity index (χ2n) is 5.25. The summed E-state index contributed by atoms with van der Waals surface area (Å²) in [5, 5.41) is 3.87. The van der Waals surface area contributed by atoms with Crippen LogP contribution in [0.15, 0.2) is 28.8 Å². The monoisotopic (exact) mass is 286 g/mol. The number of primary amides is 1. The molecule has 0 spiro atoms. The molecule has 1 aliphatic rings. The van der Waals surface area contributed by atoms with Crippen molar-refractivity contribution in [3.05, 3.63) is 30.2 Å². The van der Waals surface area contributed by atoms with Crippen LogP contribution in [0.3, 0.4) is 0 Å². The van der Waals surface area contributed by atoms with Gasteiger partial charge in [-0.1, -0.05) is 5.16 Å². The average molecular weight is 286 g/mol. The first-order valence-electron chi connectivity index (χ1n) is 7.18. The molecule has 2 heterocycles. The van der Waals surface area contributed by atoms with Crippen LogP contribution in [0.4, 0.5) is 5.69 Å². The first-order chi connectivity index (χ1) is 10.2. The molecule has 110 valence electrons. The van der Waals surface area contributed by atoms with Crippen molar-refractivity contribution in [2.24, 2.45) is 5.73 Å². The van der Waals surface area contributed by atoms with Crippen molar-refractivity contribution in [3.8, 4) is 11.4 Å². The lowest BCUT2D eigenvalue weighted by atomic mass is 10.1. The van der Waals surface area contributed by atoms with Crippen LogP contribution in [0.25, 0.3) is 11.4 Å². The highest BCUT2D eigenvalue weighted by Gasteiger charge is 2.13. The van der Waals surface area contributed by atoms with Gasteiger partial charge < -0.3 is 15.2 Å². The average Bonchev–Trinajstić information content (AvgIpc) is 2.96. The molecule has 1 aromatic carbocycles. The molecule has 6 nitrogen and oxygen atoms in total. The second kappa shape index (κ2) is 5.95. The summed E-state index contributed by atoms with van der Waals surface area (Å²) in [5.74, 6) is 0.250. The van der Waals surface area contributed by atoms with Crippen LogP contribution in [0, 0.1) is 0 Å². The molecule has 2 aromatic rings. The van der Waals surface area contributed by atoms with Gasteiger partial charge in [-0.05, 0) is 43.5 Å². The molecule has 1 saturated heterocycles. The van der Waals surface area contributed by atoms with E-state index >= 15 is 0 Å². The van der Waals surface area contributed by atoms with Gasteiger partial charge in [0.2, 0.25) is 17.6 Å². The lowest BCUT2D eigenvalue weighted by Gasteiger charge is -2.28. The Morgan fingerprint density at radius 2 is 1.90 bits per heavy atom. The third kappa shape index (κ3) is 3.21. The Morgan fingerprint density at radius 1 is 1.19 bits per heavy atom. The van der Waals surface area contributed by atoms with E-state index in [1.165, 1.54) is 24.9 Å². The van der Waals surface area contributed by atoms with Crippen LogP contribution >= 0.6 is 0 Å². The molecule has 3 rings (SSSR count). The first-order valence-corrected chi connectivity index (χ1v) is 7.18. The number of amides is 1. The zero-order valence-corrected chi connectivity index (χ0v) is 11.8. The molecule has 1 amide bonds. The van der Waals surface area contributed by atoms with Crippen molar-refractivity contribution in [2.45, 2.75) is 25.7 Å². The van der Waals surface area contributed by atoms with E-state index in [0.29, 0.717) is 5.82 Å². The molecular formula is C15H18N4O2. The van der Waals surface area contributed by atoms with Gasteiger partial charge in [-0.3, -0.25) is 4.79 Å². The Hall–Kier alpha value is -2.37. The Morgan fingerprint density at radius 3 is 2.57 bits per heavy atom. The van der Waals surface area contributed by atoms with E-state index in [-0.39, 0.29) is 12.3 Å². The molecule has 1 aromatic heterocycles. The topological polar surface area (TPSA) is 85.3 Å². The van der Waals surface area contributed by atoms with Gasteiger partial charge in [0.05, 0.1) is 0 Å². The number of carbonyl (C=O) groups excluding carboxylic acids is 1. The van der Waals surface area contributed by atoms with E-state index in [1.807, 2.05) is 12.1 Å². The quantitative estimate of drug-likeness (QED) is 0.925. The van der Waals surface area contributed by atoms with Crippen LogP contribution < -0.4 is 10.6 Å². The lowest BCUT2D eigenvalue weighted by Crippen LogP contribution is -2.29. The number of hydrogen-bond donors (Lipinski definition) is 1. The summed E-state index contributed by atoms with van der Waals surface area (Å²) in [5.41, 5.74) is 7.19. The highest BCUT2D eigenvalue weighted by molar-refractivity contribution is 5.75. The summed E-state index contributed by atoms with van der Waals surface area (Å²) in [6.45, 7) is 2.23. The van der Waals surface area contributed by atoms with Crippen LogP contribution in [-0.4, -0.2) is 29.1 Å². The number of nitrogens with two attached hydrogens (primary N) is 1. The highest BCUT2D eigenvalue weighted by atomic mass is 16.5. The molecule has 2 N–H and O–H groups in total. The van der Waals surface area contributed by atoms with Crippen molar-refractivity contribution in [2.75, 3.05) is 18.0 Å². The summed E-state index contributed by atoms with van der Waals surface area (Å²) >= 11 is 0. The zero-order valence-electron chi connectivity index (χ0n) is 11.8. The number of hydrogen-bond acceptors (Lipinski definition) is 5. The molecule has 0 saturated carbocycles. The second-order valence-corrected chi connectivity index (χ2v) is 5.25. The Bertz CT molecular complexity index is 615. The fourth-order valence-corrected chi connectivity index (χ4v) is 2.57. The maximum atomic E-state index is 10.8. The minimum absolute atomic E-state index is 0.0289. The van der Waals surface area contributed by atoms with Crippen LogP contribution in [0.2, 0.25) is 0 Å². The molecular weight excluding hydrogens is 268 g/mol. The van der Waals surface area contributed by atoms with Gasteiger partial charge in [-0.2, -0.15) is 4.98 Å². The number of carbonyl (C=O) groups is 1. The smallest absolute Gasteiger partial charge is 0.236 e. The fraction of sp³-hybridized carbons (Fsp3) is 0.400. The minimum Gasteiger partial charge on any atom is -0.372 e. The van der Waals surface area contributed by atoms with E-state index in [4.69, 9.17) is 10.3 Å². The van der Waals surface area contributed by atoms with Gasteiger partial charge in [-0.15, -0.1) is 0 Å². The Labute approximate surface area is 122 Å². The normalized spacial score (nSPS) is 15.1. The SMILES string of the molecule is NC(=O)Cc1nc(-c2ccc(N3CCCCC3)cc2)no1. The third-order valence-electron chi connectivity index (χ3n) is 3.64. The van der Waals surface area contributed by atoms with E-state index in [2.05, 4.69) is 27.2 Å². The standard InChI is InChI=1S/C15H18N4O2/c16-13(20)10-14-17-15(18-21-14)11-4-6-12(7-5-11)19-8-2-1-3-9-19/h4-7H,1-3,8-10H2,(H2,16,20). The maximum Gasteiger partial charge on any atom is 0.236 e. The van der Waals surface area contributed by atoms with Crippen molar-refractivity contribution < 1.29 is 9.32 Å². The van der Waals surface area contributed by atoms with Crippen LogP contribution in [0.5, 0.6) is 0 Å². The van der Waals surface area contributed by atoms with E-state index in [9.17, 15) is 4.79 Å². The molecule has 6 heteroatoms. The van der Waals surface area contributed by atoms with E-state index < -0.39 is 5.91 Å². The molecule has 0 aliphatic carbocycles. The Balaban J connectivity index is 1.74. The predicted octanol–water partition coefficient (Wildman–Crippen LogP) is 1.75. The molecule has 1 aliphatic heterocycles. The molecule has 21 heavy (non-hydrogen) atoms. The van der Waals surface area contributed by atoms with Crippen molar-refractivity contribution >= 4 is 11.6 Å². The number of benzene rings is 1. The van der Waals surface area contributed by atoms with Gasteiger partial charge >= 0.3 is 0 Å². The first kappa shape index (κ1) is 13.6. The van der Waals surface area contributed by atoms with Gasteiger partial charge in [-0.25, -0.2) is 0 Å². The molecule has 0 bridgehead atoms. The van der Waals surface area contributed by atoms with Gasteiger partial charge in [0.25, 0.3) is 0 Å². The van der Waals surface area contributed by atoms with Gasteiger partial charge in [0.15, 0.2) is 0 Å². The summed E-state index contributed by atoms with van der Waals surface area (Å²) in [4.78, 5) is 17.4. The predicted molar refractivity (Wildman–Crippen MR) is 78.7 cm³/mol. The third-order valence-corrected chi connectivity index (χ3v) is 3.64. The van der Waals surface area contributed by atoms with Crippen LogP contribution in [-0.2, 0) is 11.2 Å². The summed E-state index contributed by atoms with van der Waals surface area (Å²) < 4.78 is 5.00. The maximum absolute atomic E-state index is 10.8. The highest BCUT2D eigenvalue weighted by Crippen LogP contribution is 2.23. The largest absolute Gasteiger partial charge is 0.372 e. The number of rotatable bonds is 4. The van der Waals surface area contributed by atoms with Gasteiger partial charge in [0.1, 0.15) is 6.42 Å². The van der Waals surface area contributed by atoms with Crippen molar-refractivity contribution in [1.29, 1.82) is 0 Å². The fourth-order valence-electron chi connectivity index (χ4n) is 2.57. The van der Waals surface area contributed by atoms with Gasteiger partial charge in [0, 0.05) is 24.3 Å². The summed E-state index contributed by atoms with van der Waals surface area (Å²) in [7, 11) is 0. The van der Waals surface area contributed by atoms with E-state index in [0.717, 1.165) is 18.7 Å². The van der Waals surface area contributed by atoms with Crippen molar-refractivity contribution in [1.82, 2.24) is 10.1 Å². The summed E-state index contributed by atoms with van der Waals surface area (Å²) in [6.07, 6.45) is 3.80. The number of nitrogens with zero attached hydrogens (tertiary/aromatic N) is 3.